The van der Waals surface area contributed by atoms with Gasteiger partial charge < -0.3 is 0 Å². The summed E-state index contributed by atoms with van der Waals surface area (Å²) >= 11 is 5.44. The third-order valence-electron chi connectivity index (χ3n) is 0.765. The summed E-state index contributed by atoms with van der Waals surface area (Å²) < 4.78 is 0. The largest absolute Gasteiger partial charge is 0.280 e. The molecule has 0 aliphatic heterocycles. The van der Waals surface area contributed by atoms with E-state index in [4.69, 9.17) is 16.9 Å². The van der Waals surface area contributed by atoms with Crippen molar-refractivity contribution in [2.75, 3.05) is 7.05 Å². The molecule has 1 unspecified atom stereocenters. The summed E-state index contributed by atoms with van der Waals surface area (Å²) in [5, 5.41) is 8.59. The minimum atomic E-state index is -0.262. The maximum atomic E-state index is 8.22. The average molecular weight is 131 g/mol. The standard InChI is InChI=1S/C5H7ClN2/c1-4(3-7)5(6)8-2/h4H,1-2H3. The highest BCUT2D eigenvalue weighted by Gasteiger charge is 2.02. The van der Waals surface area contributed by atoms with Gasteiger partial charge in [0.05, 0.1) is 12.0 Å². The van der Waals surface area contributed by atoms with E-state index in [9.17, 15) is 0 Å². The summed E-state index contributed by atoms with van der Waals surface area (Å²) in [7, 11) is 1.57. The number of nitriles is 1. The number of aliphatic imine (C=N–C) groups is 1. The van der Waals surface area contributed by atoms with Gasteiger partial charge in [-0.2, -0.15) is 5.26 Å². The predicted molar refractivity (Wildman–Crippen MR) is 34.0 cm³/mol. The van der Waals surface area contributed by atoms with Crippen molar-refractivity contribution in [1.29, 1.82) is 5.26 Å². The van der Waals surface area contributed by atoms with Crippen molar-refractivity contribution < 1.29 is 0 Å². The van der Waals surface area contributed by atoms with Crippen LogP contribution in [0.2, 0.25) is 0 Å². The van der Waals surface area contributed by atoms with Crippen LogP contribution < -0.4 is 0 Å². The lowest BCUT2D eigenvalue weighted by Gasteiger charge is -1.93. The van der Waals surface area contributed by atoms with Gasteiger partial charge in [-0.05, 0) is 6.92 Å². The molecule has 0 amide bonds. The Balaban J connectivity index is 3.87. The topological polar surface area (TPSA) is 36.1 Å². The van der Waals surface area contributed by atoms with Crippen LogP contribution in [-0.2, 0) is 0 Å². The normalized spacial score (nSPS) is 15.0. The number of hydrogen-bond acceptors (Lipinski definition) is 2. The first-order chi connectivity index (χ1) is 3.72. The summed E-state index contributed by atoms with van der Waals surface area (Å²) in [6.45, 7) is 1.70. The van der Waals surface area contributed by atoms with Crippen LogP contribution in [0, 0.1) is 17.2 Å². The predicted octanol–water partition coefficient (Wildman–Crippen LogP) is 1.41. The van der Waals surface area contributed by atoms with Crippen molar-refractivity contribution in [2.24, 2.45) is 10.9 Å². The monoisotopic (exact) mass is 130 g/mol. The maximum Gasteiger partial charge on any atom is 0.117 e. The van der Waals surface area contributed by atoms with Crippen LogP contribution in [0.5, 0.6) is 0 Å². The molecule has 0 bridgehead atoms. The van der Waals surface area contributed by atoms with Gasteiger partial charge in [0.1, 0.15) is 5.17 Å². The number of hydrogen-bond donors (Lipinski definition) is 0. The smallest absolute Gasteiger partial charge is 0.117 e. The number of nitrogens with zero attached hydrogens (tertiary/aromatic N) is 2. The second-order valence-corrected chi connectivity index (χ2v) is 1.78. The molecule has 0 N–H and O–H groups in total. The van der Waals surface area contributed by atoms with E-state index in [1.54, 1.807) is 14.0 Å². The highest BCUT2D eigenvalue weighted by Crippen LogP contribution is 1.99. The Morgan fingerprint density at radius 2 is 2.38 bits per heavy atom. The molecule has 44 valence electrons. The molecule has 0 aromatic heterocycles. The molecule has 0 spiro atoms. The third-order valence-corrected chi connectivity index (χ3v) is 1.26. The second-order valence-electron chi connectivity index (χ2n) is 1.40. The van der Waals surface area contributed by atoms with Gasteiger partial charge in [0.2, 0.25) is 0 Å². The molecule has 0 heterocycles. The van der Waals surface area contributed by atoms with Crippen LogP contribution in [0.1, 0.15) is 6.92 Å². The van der Waals surface area contributed by atoms with Gasteiger partial charge in [-0.1, -0.05) is 11.6 Å². The van der Waals surface area contributed by atoms with E-state index in [2.05, 4.69) is 4.99 Å². The fourth-order valence-electron chi connectivity index (χ4n) is 0.247. The van der Waals surface area contributed by atoms with E-state index in [0.29, 0.717) is 5.17 Å². The molecular weight excluding hydrogens is 124 g/mol. The minimum Gasteiger partial charge on any atom is -0.280 e. The fourth-order valence-corrected chi connectivity index (χ4v) is 0.296. The van der Waals surface area contributed by atoms with Gasteiger partial charge in [0.25, 0.3) is 0 Å². The molecule has 0 aliphatic carbocycles. The highest BCUT2D eigenvalue weighted by molar-refractivity contribution is 6.66. The van der Waals surface area contributed by atoms with Crippen LogP contribution in [0.4, 0.5) is 0 Å². The molecule has 0 fully saturated rings. The molecule has 1 atom stereocenters. The summed E-state index contributed by atoms with van der Waals surface area (Å²) in [4.78, 5) is 3.62. The van der Waals surface area contributed by atoms with Crippen LogP contribution in [0.15, 0.2) is 4.99 Å². The zero-order valence-electron chi connectivity index (χ0n) is 4.85. The van der Waals surface area contributed by atoms with Crippen molar-refractivity contribution in [3.63, 3.8) is 0 Å². The van der Waals surface area contributed by atoms with Gasteiger partial charge in [-0.3, -0.25) is 4.99 Å². The van der Waals surface area contributed by atoms with Crippen LogP contribution >= 0.6 is 11.6 Å². The molecule has 0 aromatic carbocycles. The molecule has 0 aliphatic rings. The third kappa shape index (κ3) is 1.94. The Bertz CT molecular complexity index is 134. The number of halogens is 1. The molecule has 3 heteroatoms. The maximum absolute atomic E-state index is 8.22. The summed E-state index contributed by atoms with van der Waals surface area (Å²) in [5.41, 5.74) is 0. The van der Waals surface area contributed by atoms with Crippen LogP contribution in [0.25, 0.3) is 0 Å². The lowest BCUT2D eigenvalue weighted by molar-refractivity contribution is 1.02. The molecule has 0 saturated heterocycles. The highest BCUT2D eigenvalue weighted by atomic mass is 35.5. The van der Waals surface area contributed by atoms with Crippen LogP contribution in [0.3, 0.4) is 0 Å². The molecule has 0 rings (SSSR count). The van der Waals surface area contributed by atoms with Gasteiger partial charge in [-0.15, -0.1) is 0 Å². The molecular formula is C5H7ClN2. The molecule has 0 saturated carbocycles. The lowest BCUT2D eigenvalue weighted by atomic mass is 10.2. The number of rotatable bonds is 1. The van der Waals surface area contributed by atoms with Crippen molar-refractivity contribution >= 4 is 16.8 Å². The minimum absolute atomic E-state index is 0.262. The van der Waals surface area contributed by atoms with E-state index in [1.807, 2.05) is 6.07 Å². The average Bonchev–Trinajstić information content (AvgIpc) is 1.84. The van der Waals surface area contributed by atoms with Crippen molar-refractivity contribution in [3.05, 3.63) is 0 Å². The first-order valence-electron chi connectivity index (χ1n) is 2.24. The Hall–Kier alpha value is -0.550. The van der Waals surface area contributed by atoms with Crippen molar-refractivity contribution in [2.45, 2.75) is 6.92 Å². The fraction of sp³-hybridized carbons (Fsp3) is 0.600. The van der Waals surface area contributed by atoms with Gasteiger partial charge in [-0.25, -0.2) is 0 Å². The van der Waals surface area contributed by atoms with Gasteiger partial charge in [0, 0.05) is 7.05 Å². The molecule has 0 radical (unpaired) electrons. The SMILES string of the molecule is CN=C(Cl)C(C)C#N. The van der Waals surface area contributed by atoms with E-state index in [1.165, 1.54) is 0 Å². The Morgan fingerprint density at radius 3 is 2.50 bits per heavy atom. The summed E-state index contributed by atoms with van der Waals surface area (Å²) in [6.07, 6.45) is 0. The zero-order chi connectivity index (χ0) is 6.57. The van der Waals surface area contributed by atoms with Gasteiger partial charge in [0.15, 0.2) is 0 Å². The molecule has 0 aromatic rings. The quantitative estimate of drug-likeness (QED) is 0.495. The van der Waals surface area contributed by atoms with E-state index >= 15 is 0 Å². The van der Waals surface area contributed by atoms with E-state index < -0.39 is 0 Å². The first-order valence-corrected chi connectivity index (χ1v) is 2.62. The second kappa shape index (κ2) is 3.45. The Morgan fingerprint density at radius 1 is 1.88 bits per heavy atom. The molecule has 8 heavy (non-hydrogen) atoms. The van der Waals surface area contributed by atoms with Gasteiger partial charge >= 0.3 is 0 Å². The zero-order valence-corrected chi connectivity index (χ0v) is 5.61. The van der Waals surface area contributed by atoms with Crippen molar-refractivity contribution in [3.8, 4) is 6.07 Å². The summed E-state index contributed by atoms with van der Waals surface area (Å²) in [6, 6.07) is 1.95. The first kappa shape index (κ1) is 7.45. The Labute approximate surface area is 53.8 Å². The van der Waals surface area contributed by atoms with E-state index in [-0.39, 0.29) is 5.92 Å². The Kier molecular flexibility index (Phi) is 3.21. The summed E-state index contributed by atoms with van der Waals surface area (Å²) in [5.74, 6) is -0.262. The van der Waals surface area contributed by atoms with Crippen molar-refractivity contribution in [1.82, 2.24) is 0 Å². The molecule has 2 nitrogen and oxygen atoms in total. The van der Waals surface area contributed by atoms with Crippen LogP contribution in [-0.4, -0.2) is 12.2 Å². The lowest BCUT2D eigenvalue weighted by Crippen LogP contribution is -1.99. The van der Waals surface area contributed by atoms with E-state index in [0.717, 1.165) is 0 Å².